The zero-order valence-electron chi connectivity index (χ0n) is 18.9. The summed E-state index contributed by atoms with van der Waals surface area (Å²) < 4.78 is 32.1. The van der Waals surface area contributed by atoms with Crippen LogP contribution in [0.1, 0.15) is 63.5 Å². The van der Waals surface area contributed by atoms with Gasteiger partial charge in [0.1, 0.15) is 11.8 Å². The van der Waals surface area contributed by atoms with E-state index in [1.165, 1.54) is 10.7 Å². The minimum absolute atomic E-state index is 0.0689. The number of likely N-dealkylation sites (tertiary alicyclic amines) is 1. The monoisotopic (exact) mass is 451 g/mol. The highest BCUT2D eigenvalue weighted by Crippen LogP contribution is 2.27. The Bertz CT molecular complexity index is 807. The molecule has 31 heavy (non-hydrogen) atoms. The van der Waals surface area contributed by atoms with Crippen LogP contribution in [-0.4, -0.2) is 68.6 Å². The molecule has 0 aliphatic carbocycles. The lowest BCUT2D eigenvalue weighted by Gasteiger charge is -2.37. The number of hydrogen-bond acceptors (Lipinski definition) is 5. The van der Waals surface area contributed by atoms with Gasteiger partial charge in [-0.15, -0.1) is 0 Å². The fourth-order valence-electron chi connectivity index (χ4n) is 4.70. The zero-order chi connectivity index (χ0) is 22.3. The largest absolute Gasteiger partial charge is 0.497 e. The highest BCUT2D eigenvalue weighted by atomic mass is 32.2. The fourth-order valence-corrected chi connectivity index (χ4v) is 6.45. The second-order valence-electron chi connectivity index (χ2n) is 8.57. The third-order valence-corrected chi connectivity index (χ3v) is 8.45. The number of carbonyl (C=O) groups is 1. The molecule has 174 valence electrons. The molecule has 1 amide bonds. The predicted octanol–water partition coefficient (Wildman–Crippen LogP) is 2.93. The Morgan fingerprint density at radius 3 is 2.42 bits per heavy atom. The Kier molecular flexibility index (Phi) is 8.75. The summed E-state index contributed by atoms with van der Waals surface area (Å²) in [5, 5.41) is 3.10. The van der Waals surface area contributed by atoms with Crippen molar-refractivity contribution >= 4 is 15.9 Å². The second kappa shape index (κ2) is 11.3. The molecule has 7 nitrogen and oxygen atoms in total. The van der Waals surface area contributed by atoms with Crippen LogP contribution in [0.3, 0.4) is 0 Å². The minimum Gasteiger partial charge on any atom is -0.497 e. The van der Waals surface area contributed by atoms with E-state index in [1.54, 1.807) is 7.11 Å². The zero-order valence-corrected chi connectivity index (χ0v) is 19.7. The van der Waals surface area contributed by atoms with Gasteiger partial charge in [0.25, 0.3) is 0 Å². The van der Waals surface area contributed by atoms with Gasteiger partial charge in [-0.3, -0.25) is 9.69 Å². The number of sulfonamides is 1. The molecule has 2 heterocycles. The maximum Gasteiger partial charge on any atom is 0.238 e. The quantitative estimate of drug-likeness (QED) is 0.625. The lowest BCUT2D eigenvalue weighted by atomic mass is 10.0. The third-order valence-electron chi connectivity index (χ3n) is 6.38. The lowest BCUT2D eigenvalue weighted by Crippen LogP contribution is -2.53. The molecule has 2 fully saturated rings. The number of piperidine rings is 2. The van der Waals surface area contributed by atoms with Crippen molar-refractivity contribution in [1.29, 1.82) is 0 Å². The Labute approximate surface area is 187 Å². The van der Waals surface area contributed by atoms with E-state index < -0.39 is 16.1 Å². The SMILES string of the molecule is CCCS(=O)(=O)N1CCCCC1C(=O)NCC(c1ccc(OC)cc1)N1CCCCC1. The van der Waals surface area contributed by atoms with Crippen LogP contribution < -0.4 is 10.1 Å². The van der Waals surface area contributed by atoms with Gasteiger partial charge in [0.15, 0.2) is 0 Å². The van der Waals surface area contributed by atoms with E-state index in [1.807, 2.05) is 19.1 Å². The van der Waals surface area contributed by atoms with E-state index in [-0.39, 0.29) is 17.7 Å². The molecule has 0 saturated carbocycles. The first kappa shape index (κ1) is 24.0. The van der Waals surface area contributed by atoms with E-state index in [4.69, 9.17) is 4.74 Å². The van der Waals surface area contributed by atoms with Crippen molar-refractivity contribution in [1.82, 2.24) is 14.5 Å². The topological polar surface area (TPSA) is 79.0 Å². The van der Waals surface area contributed by atoms with Gasteiger partial charge in [0.05, 0.1) is 18.9 Å². The number of rotatable bonds is 9. The molecule has 0 aromatic heterocycles. The molecule has 8 heteroatoms. The minimum atomic E-state index is -3.40. The van der Waals surface area contributed by atoms with Crippen molar-refractivity contribution in [3.63, 3.8) is 0 Å². The molecule has 1 aromatic rings. The van der Waals surface area contributed by atoms with Gasteiger partial charge >= 0.3 is 0 Å². The van der Waals surface area contributed by atoms with Crippen LogP contribution in [0.15, 0.2) is 24.3 Å². The number of ether oxygens (including phenoxy) is 1. The van der Waals surface area contributed by atoms with Crippen molar-refractivity contribution in [2.24, 2.45) is 0 Å². The molecule has 0 spiro atoms. The van der Waals surface area contributed by atoms with E-state index in [0.29, 0.717) is 25.9 Å². The van der Waals surface area contributed by atoms with Crippen molar-refractivity contribution in [2.75, 3.05) is 39.0 Å². The summed E-state index contributed by atoms with van der Waals surface area (Å²) in [5.74, 6) is 0.734. The van der Waals surface area contributed by atoms with Crippen LogP contribution in [0.25, 0.3) is 0 Å². The highest BCUT2D eigenvalue weighted by molar-refractivity contribution is 7.89. The number of amides is 1. The predicted molar refractivity (Wildman–Crippen MR) is 123 cm³/mol. The van der Waals surface area contributed by atoms with E-state index in [9.17, 15) is 13.2 Å². The first-order chi connectivity index (χ1) is 15.0. The second-order valence-corrected chi connectivity index (χ2v) is 10.6. The van der Waals surface area contributed by atoms with Crippen molar-refractivity contribution < 1.29 is 17.9 Å². The van der Waals surface area contributed by atoms with Crippen LogP contribution in [-0.2, 0) is 14.8 Å². The first-order valence-corrected chi connectivity index (χ1v) is 13.2. The van der Waals surface area contributed by atoms with Crippen molar-refractivity contribution in [2.45, 2.75) is 64.0 Å². The molecule has 2 atom stereocenters. The van der Waals surface area contributed by atoms with Crippen LogP contribution >= 0.6 is 0 Å². The maximum atomic E-state index is 13.1. The number of hydrogen-bond donors (Lipinski definition) is 1. The molecule has 2 unspecified atom stereocenters. The van der Waals surface area contributed by atoms with Gasteiger partial charge in [-0.25, -0.2) is 8.42 Å². The molecular formula is C23H37N3O4S. The number of benzene rings is 1. The third kappa shape index (κ3) is 6.20. The first-order valence-electron chi connectivity index (χ1n) is 11.6. The van der Waals surface area contributed by atoms with E-state index >= 15 is 0 Å². The van der Waals surface area contributed by atoms with E-state index in [0.717, 1.165) is 50.1 Å². The Morgan fingerprint density at radius 1 is 1.10 bits per heavy atom. The lowest BCUT2D eigenvalue weighted by molar-refractivity contribution is -0.126. The number of carbonyl (C=O) groups excluding carboxylic acids is 1. The van der Waals surface area contributed by atoms with Crippen LogP contribution in [0.4, 0.5) is 0 Å². The molecule has 2 aliphatic rings. The summed E-state index contributed by atoms with van der Waals surface area (Å²) >= 11 is 0. The summed E-state index contributed by atoms with van der Waals surface area (Å²) in [4.78, 5) is 15.6. The molecule has 1 aromatic carbocycles. The molecule has 2 saturated heterocycles. The van der Waals surface area contributed by atoms with Gasteiger partial charge in [-0.05, 0) is 62.9 Å². The highest BCUT2D eigenvalue weighted by Gasteiger charge is 2.36. The fraction of sp³-hybridized carbons (Fsp3) is 0.696. The smallest absolute Gasteiger partial charge is 0.238 e. The Balaban J connectivity index is 1.72. The van der Waals surface area contributed by atoms with Gasteiger partial charge < -0.3 is 10.1 Å². The van der Waals surface area contributed by atoms with Crippen LogP contribution in [0, 0.1) is 0 Å². The van der Waals surface area contributed by atoms with Gasteiger partial charge in [0, 0.05) is 13.1 Å². The maximum absolute atomic E-state index is 13.1. The summed E-state index contributed by atoms with van der Waals surface area (Å²) in [5.41, 5.74) is 1.14. The van der Waals surface area contributed by atoms with Crippen molar-refractivity contribution in [3.05, 3.63) is 29.8 Å². The van der Waals surface area contributed by atoms with Gasteiger partial charge in [-0.1, -0.05) is 31.9 Å². The molecular weight excluding hydrogens is 414 g/mol. The molecule has 0 radical (unpaired) electrons. The van der Waals surface area contributed by atoms with Gasteiger partial charge in [0.2, 0.25) is 15.9 Å². The average molecular weight is 452 g/mol. The van der Waals surface area contributed by atoms with Crippen LogP contribution in [0.2, 0.25) is 0 Å². The Hall–Kier alpha value is -1.64. The summed E-state index contributed by atoms with van der Waals surface area (Å²) in [6, 6.07) is 7.50. The van der Waals surface area contributed by atoms with Crippen molar-refractivity contribution in [3.8, 4) is 5.75 Å². The van der Waals surface area contributed by atoms with Gasteiger partial charge in [-0.2, -0.15) is 4.31 Å². The average Bonchev–Trinajstić information content (AvgIpc) is 2.80. The Morgan fingerprint density at radius 2 is 1.77 bits per heavy atom. The summed E-state index contributed by atoms with van der Waals surface area (Å²) in [6.07, 6.45) is 6.40. The number of nitrogens with one attached hydrogen (secondary N) is 1. The summed E-state index contributed by atoms with van der Waals surface area (Å²) in [7, 11) is -1.75. The van der Waals surface area contributed by atoms with Crippen LogP contribution in [0.5, 0.6) is 5.75 Å². The normalized spacial score (nSPS) is 22.1. The summed E-state index contributed by atoms with van der Waals surface area (Å²) in [6.45, 7) is 4.78. The standard InChI is InChI=1S/C23H37N3O4S/c1-3-17-31(28,29)26-16-8-5-9-21(26)23(27)24-18-22(25-14-6-4-7-15-25)19-10-12-20(30-2)13-11-19/h10-13,21-22H,3-9,14-18H2,1-2H3,(H,24,27). The molecule has 1 N–H and O–H groups in total. The number of methoxy groups -OCH3 is 1. The molecule has 3 rings (SSSR count). The molecule has 2 aliphatic heterocycles. The molecule has 0 bridgehead atoms. The number of nitrogens with zero attached hydrogens (tertiary/aromatic N) is 2. The van der Waals surface area contributed by atoms with E-state index in [2.05, 4.69) is 22.3 Å².